The highest BCUT2D eigenvalue weighted by Gasteiger charge is 2.18. The number of rotatable bonds is 7. The Morgan fingerprint density at radius 2 is 1.90 bits per heavy atom. The molecule has 2 aromatic rings. The number of nitrogens with zero attached hydrogens (tertiary/aromatic N) is 2. The molecule has 0 radical (unpaired) electrons. The van der Waals surface area contributed by atoms with Crippen molar-refractivity contribution in [2.45, 2.75) is 52.1 Å². The van der Waals surface area contributed by atoms with Crippen LogP contribution < -0.4 is 5.32 Å². The minimum Gasteiger partial charge on any atom is -0.308 e. The highest BCUT2D eigenvalue weighted by molar-refractivity contribution is 5.17. The topological polar surface area (TPSA) is 29.9 Å². The second kappa shape index (κ2) is 6.90. The fraction of sp³-hybridized carbons (Fsp3) is 0.500. The van der Waals surface area contributed by atoms with Gasteiger partial charge in [-0.1, -0.05) is 37.3 Å². The normalized spacial score (nSPS) is 11.8. The van der Waals surface area contributed by atoms with Crippen LogP contribution in [0, 0.1) is 0 Å². The summed E-state index contributed by atoms with van der Waals surface area (Å²) in [5.41, 5.74) is 4.04. The van der Waals surface area contributed by atoms with E-state index in [0.29, 0.717) is 0 Å². The first-order chi connectivity index (χ1) is 10.00. The van der Waals surface area contributed by atoms with Crippen LogP contribution in [0.3, 0.4) is 0 Å². The summed E-state index contributed by atoms with van der Waals surface area (Å²) >= 11 is 0. The predicted octanol–water partition coefficient (Wildman–Crippen LogP) is 3.48. The number of aryl methyl sites for hydroxylation is 3. The van der Waals surface area contributed by atoms with E-state index >= 15 is 0 Å². The summed E-state index contributed by atoms with van der Waals surface area (Å²) in [5.74, 6) is 0. The first kappa shape index (κ1) is 15.8. The predicted molar refractivity (Wildman–Crippen MR) is 88.3 cm³/mol. The Morgan fingerprint density at radius 3 is 2.57 bits per heavy atom. The van der Waals surface area contributed by atoms with Crippen LogP contribution in [0.4, 0.5) is 0 Å². The molecular weight excluding hydrogens is 258 g/mol. The Balaban J connectivity index is 1.88. The minimum atomic E-state index is 0.122. The molecule has 0 aliphatic rings. The maximum Gasteiger partial charge on any atom is 0.0666 e. The summed E-state index contributed by atoms with van der Waals surface area (Å²) in [6.07, 6.45) is 5.34. The van der Waals surface area contributed by atoms with Gasteiger partial charge in [0, 0.05) is 30.9 Å². The Morgan fingerprint density at radius 1 is 1.19 bits per heavy atom. The van der Waals surface area contributed by atoms with Crippen LogP contribution in [0.5, 0.6) is 0 Å². The van der Waals surface area contributed by atoms with Crippen molar-refractivity contribution < 1.29 is 0 Å². The van der Waals surface area contributed by atoms with Gasteiger partial charge in [-0.05, 0) is 38.7 Å². The van der Waals surface area contributed by atoms with E-state index < -0.39 is 0 Å². The monoisotopic (exact) mass is 285 g/mol. The van der Waals surface area contributed by atoms with Crippen molar-refractivity contribution in [3.8, 4) is 0 Å². The van der Waals surface area contributed by atoms with E-state index in [1.807, 2.05) is 11.7 Å². The van der Waals surface area contributed by atoms with Crippen molar-refractivity contribution in [2.75, 3.05) is 0 Å². The summed E-state index contributed by atoms with van der Waals surface area (Å²) in [7, 11) is 1.99. The van der Waals surface area contributed by atoms with Gasteiger partial charge in [0.1, 0.15) is 0 Å². The molecule has 1 heterocycles. The molecule has 0 atom stereocenters. The number of benzene rings is 1. The molecular formula is C18H27N3. The van der Waals surface area contributed by atoms with Gasteiger partial charge < -0.3 is 5.32 Å². The van der Waals surface area contributed by atoms with Crippen LogP contribution in [0.2, 0.25) is 0 Å². The Bertz CT molecular complexity index is 555. The van der Waals surface area contributed by atoms with E-state index in [0.717, 1.165) is 25.8 Å². The Labute approximate surface area is 128 Å². The Kier molecular flexibility index (Phi) is 5.18. The molecule has 0 amide bonds. The van der Waals surface area contributed by atoms with E-state index in [1.54, 1.807) is 0 Å². The zero-order valence-electron chi connectivity index (χ0n) is 13.7. The molecule has 0 aliphatic heterocycles. The minimum absolute atomic E-state index is 0.122. The fourth-order valence-corrected chi connectivity index (χ4v) is 2.55. The van der Waals surface area contributed by atoms with Crippen molar-refractivity contribution >= 4 is 0 Å². The van der Waals surface area contributed by atoms with Crippen LogP contribution in [0.25, 0.3) is 0 Å². The van der Waals surface area contributed by atoms with Crippen molar-refractivity contribution in [3.63, 3.8) is 0 Å². The van der Waals surface area contributed by atoms with Gasteiger partial charge >= 0.3 is 0 Å². The van der Waals surface area contributed by atoms with E-state index in [4.69, 9.17) is 0 Å². The average molecular weight is 285 g/mol. The van der Waals surface area contributed by atoms with Gasteiger partial charge in [0.25, 0.3) is 0 Å². The van der Waals surface area contributed by atoms with Gasteiger partial charge in [0.05, 0.1) is 5.69 Å². The third-order valence-electron chi connectivity index (χ3n) is 3.97. The quantitative estimate of drug-likeness (QED) is 0.844. The zero-order valence-corrected chi connectivity index (χ0v) is 13.7. The summed E-state index contributed by atoms with van der Waals surface area (Å²) in [5, 5.41) is 8.18. The highest BCUT2D eigenvalue weighted by atomic mass is 15.3. The highest BCUT2D eigenvalue weighted by Crippen LogP contribution is 2.15. The van der Waals surface area contributed by atoms with Gasteiger partial charge in [-0.15, -0.1) is 0 Å². The molecule has 3 nitrogen and oxygen atoms in total. The second-order valence-electron chi connectivity index (χ2n) is 6.35. The average Bonchev–Trinajstić information content (AvgIpc) is 2.85. The molecule has 0 aliphatic carbocycles. The van der Waals surface area contributed by atoms with E-state index in [1.165, 1.54) is 16.8 Å². The molecule has 0 bridgehead atoms. The van der Waals surface area contributed by atoms with Crippen molar-refractivity contribution in [3.05, 3.63) is 53.3 Å². The molecule has 3 heteroatoms. The van der Waals surface area contributed by atoms with E-state index in [-0.39, 0.29) is 5.54 Å². The lowest BCUT2D eigenvalue weighted by Gasteiger charge is -2.26. The van der Waals surface area contributed by atoms with Crippen LogP contribution in [0.1, 0.15) is 44.0 Å². The summed E-state index contributed by atoms with van der Waals surface area (Å²) in [4.78, 5) is 0. The van der Waals surface area contributed by atoms with Crippen molar-refractivity contribution in [1.29, 1.82) is 0 Å². The van der Waals surface area contributed by atoms with Gasteiger partial charge in [-0.25, -0.2) is 0 Å². The molecule has 1 aromatic carbocycles. The summed E-state index contributed by atoms with van der Waals surface area (Å²) in [6.45, 7) is 7.60. The molecule has 21 heavy (non-hydrogen) atoms. The molecule has 0 saturated heterocycles. The number of aromatic nitrogens is 2. The van der Waals surface area contributed by atoms with Gasteiger partial charge in [0.15, 0.2) is 0 Å². The molecule has 0 spiro atoms. The maximum atomic E-state index is 4.50. The lowest BCUT2D eigenvalue weighted by Crippen LogP contribution is -2.39. The number of hydrogen-bond acceptors (Lipinski definition) is 2. The molecule has 0 fully saturated rings. The van der Waals surface area contributed by atoms with E-state index in [2.05, 4.69) is 67.7 Å². The van der Waals surface area contributed by atoms with Gasteiger partial charge in [-0.3, -0.25) is 4.68 Å². The Hall–Kier alpha value is -1.61. The van der Waals surface area contributed by atoms with Crippen LogP contribution in [0.15, 0.2) is 36.5 Å². The third kappa shape index (κ3) is 4.71. The molecule has 0 unspecified atom stereocenters. The molecule has 1 N–H and O–H groups in total. The largest absolute Gasteiger partial charge is 0.308 e. The SMILES string of the molecule is CCc1nn(C)cc1CNC(C)(C)CCc1ccccc1. The van der Waals surface area contributed by atoms with Crippen LogP contribution in [-0.4, -0.2) is 15.3 Å². The molecule has 0 saturated carbocycles. The first-order valence-corrected chi connectivity index (χ1v) is 7.80. The zero-order chi connectivity index (χ0) is 15.3. The number of hydrogen-bond donors (Lipinski definition) is 1. The smallest absolute Gasteiger partial charge is 0.0666 e. The van der Waals surface area contributed by atoms with Gasteiger partial charge in [-0.2, -0.15) is 5.10 Å². The van der Waals surface area contributed by atoms with E-state index in [9.17, 15) is 0 Å². The lowest BCUT2D eigenvalue weighted by molar-refractivity contribution is 0.360. The van der Waals surface area contributed by atoms with Crippen LogP contribution >= 0.6 is 0 Å². The summed E-state index contributed by atoms with van der Waals surface area (Å²) < 4.78 is 1.91. The fourth-order valence-electron chi connectivity index (χ4n) is 2.55. The van der Waals surface area contributed by atoms with Gasteiger partial charge in [0.2, 0.25) is 0 Å². The van der Waals surface area contributed by atoms with Crippen LogP contribution in [-0.2, 0) is 26.4 Å². The molecule has 114 valence electrons. The maximum absolute atomic E-state index is 4.50. The summed E-state index contributed by atoms with van der Waals surface area (Å²) in [6, 6.07) is 10.7. The number of nitrogens with one attached hydrogen (secondary N) is 1. The lowest BCUT2D eigenvalue weighted by atomic mass is 9.95. The second-order valence-corrected chi connectivity index (χ2v) is 6.35. The molecule has 2 rings (SSSR count). The van der Waals surface area contributed by atoms with Crippen molar-refractivity contribution in [2.24, 2.45) is 7.05 Å². The standard InChI is InChI=1S/C18H27N3/c1-5-17-16(14-21(4)20-17)13-19-18(2,3)12-11-15-9-7-6-8-10-15/h6-10,14,19H,5,11-13H2,1-4H3. The molecule has 1 aromatic heterocycles. The third-order valence-corrected chi connectivity index (χ3v) is 3.97. The first-order valence-electron chi connectivity index (χ1n) is 7.80. The van der Waals surface area contributed by atoms with Crippen molar-refractivity contribution in [1.82, 2.24) is 15.1 Å².